The lowest BCUT2D eigenvalue weighted by molar-refractivity contribution is -0.136. The summed E-state index contributed by atoms with van der Waals surface area (Å²) >= 11 is 0. The zero-order valence-corrected chi connectivity index (χ0v) is 16.3. The first-order valence-electron chi connectivity index (χ1n) is 9.53. The van der Waals surface area contributed by atoms with E-state index in [2.05, 4.69) is 25.5 Å². The molecule has 146 valence electrons. The van der Waals surface area contributed by atoms with Gasteiger partial charge in [-0.1, -0.05) is 69.3 Å². The molecule has 5 nitrogen and oxygen atoms in total. The van der Waals surface area contributed by atoms with Gasteiger partial charge in [-0.25, -0.2) is 5.01 Å². The Balaban J connectivity index is 1.77. The first-order chi connectivity index (χ1) is 13.5. The van der Waals surface area contributed by atoms with Crippen molar-refractivity contribution in [1.29, 1.82) is 0 Å². The Morgan fingerprint density at radius 1 is 1.21 bits per heavy atom. The lowest BCUT2D eigenvalue weighted by atomic mass is 9.84. The van der Waals surface area contributed by atoms with Crippen LogP contribution in [0.15, 0.2) is 72.0 Å². The molecule has 1 heterocycles. The summed E-state index contributed by atoms with van der Waals surface area (Å²) in [5.74, 6) is 0.659. The lowest BCUT2D eigenvalue weighted by Gasteiger charge is -2.25. The molecule has 1 aliphatic rings. The quantitative estimate of drug-likeness (QED) is 0.716. The van der Waals surface area contributed by atoms with Crippen LogP contribution in [0.2, 0.25) is 0 Å². The number of benzene rings is 2. The minimum Gasteiger partial charge on any atom is -0.512 e. The minimum absolute atomic E-state index is 0.0216. The number of aliphatic hydroxyl groups excluding tert-OH is 1. The Kier molecular flexibility index (Phi) is 6.14. The van der Waals surface area contributed by atoms with Gasteiger partial charge in [0, 0.05) is 11.5 Å². The average Bonchev–Trinajstić information content (AvgIpc) is 2.71. The number of rotatable bonds is 7. The number of ether oxygens (including phenoxy) is 1. The molecule has 0 aromatic heterocycles. The highest BCUT2D eigenvalue weighted by Crippen LogP contribution is 2.32. The molecule has 2 atom stereocenters. The molecule has 0 spiro atoms. The van der Waals surface area contributed by atoms with Crippen LogP contribution >= 0.6 is 0 Å². The fraction of sp³-hybridized carbons (Fsp3) is 0.304. The van der Waals surface area contributed by atoms with Crippen molar-refractivity contribution in [3.05, 3.63) is 83.6 Å². The number of nitrogens with zero attached hydrogens (tertiary/aromatic N) is 2. The molecular weight excluding hydrogens is 352 g/mol. The van der Waals surface area contributed by atoms with Crippen LogP contribution in [0.3, 0.4) is 0 Å². The molecule has 1 aliphatic heterocycles. The van der Waals surface area contributed by atoms with E-state index in [4.69, 9.17) is 4.74 Å². The molecule has 2 aromatic carbocycles. The summed E-state index contributed by atoms with van der Waals surface area (Å²) in [5, 5.41) is 15.8. The van der Waals surface area contributed by atoms with Crippen LogP contribution in [0.4, 0.5) is 0 Å². The smallest absolute Gasteiger partial charge is 0.281 e. The molecule has 5 heteroatoms. The van der Waals surface area contributed by atoms with Gasteiger partial charge in [0.2, 0.25) is 5.90 Å². The van der Waals surface area contributed by atoms with E-state index in [-0.39, 0.29) is 24.2 Å². The molecule has 3 rings (SSSR count). The maximum atomic E-state index is 12.2. The lowest BCUT2D eigenvalue weighted by Crippen LogP contribution is -2.36. The van der Waals surface area contributed by atoms with Crippen molar-refractivity contribution in [2.75, 3.05) is 6.61 Å². The Hall–Kier alpha value is -3.08. The van der Waals surface area contributed by atoms with E-state index in [9.17, 15) is 9.90 Å². The standard InChI is InChI=1S/C23H26N2O3/c1-4-16(2)22(17(3)26)19-12-10-18(11-13-19)14-25-21(27)15-28-23(24-25)20-8-6-5-7-9-20/h5-13,16,22,26H,3-4,14-15H2,1-2H3. The van der Waals surface area contributed by atoms with Gasteiger partial charge in [-0.2, -0.15) is 0 Å². The van der Waals surface area contributed by atoms with Gasteiger partial charge < -0.3 is 9.84 Å². The second-order valence-electron chi connectivity index (χ2n) is 7.11. The minimum atomic E-state index is -0.176. The van der Waals surface area contributed by atoms with Gasteiger partial charge in [-0.15, -0.1) is 5.10 Å². The van der Waals surface area contributed by atoms with E-state index in [1.165, 1.54) is 5.01 Å². The van der Waals surface area contributed by atoms with Crippen LogP contribution in [0, 0.1) is 5.92 Å². The van der Waals surface area contributed by atoms with Gasteiger partial charge >= 0.3 is 0 Å². The molecular formula is C23H26N2O3. The summed E-state index contributed by atoms with van der Waals surface area (Å²) in [6.45, 7) is 8.28. The molecule has 2 unspecified atom stereocenters. The van der Waals surface area contributed by atoms with E-state index in [1.807, 2.05) is 54.6 Å². The highest BCUT2D eigenvalue weighted by molar-refractivity contribution is 5.97. The van der Waals surface area contributed by atoms with Crippen LogP contribution in [0.25, 0.3) is 0 Å². The van der Waals surface area contributed by atoms with E-state index in [0.29, 0.717) is 18.4 Å². The highest BCUT2D eigenvalue weighted by atomic mass is 16.5. The van der Waals surface area contributed by atoms with Crippen molar-refractivity contribution >= 4 is 11.8 Å². The third-order valence-corrected chi connectivity index (χ3v) is 5.10. The van der Waals surface area contributed by atoms with Crippen molar-refractivity contribution in [2.45, 2.75) is 32.7 Å². The molecule has 0 saturated heterocycles. The van der Waals surface area contributed by atoms with Gasteiger partial charge in [0.05, 0.1) is 12.3 Å². The zero-order valence-electron chi connectivity index (χ0n) is 16.3. The molecule has 0 bridgehead atoms. The number of hydrazone groups is 1. The molecule has 1 N–H and O–H groups in total. The number of amides is 1. The molecule has 1 amide bonds. The van der Waals surface area contributed by atoms with Gasteiger partial charge in [0.25, 0.3) is 5.91 Å². The van der Waals surface area contributed by atoms with Crippen molar-refractivity contribution in [2.24, 2.45) is 11.0 Å². The van der Waals surface area contributed by atoms with Crippen molar-refractivity contribution in [1.82, 2.24) is 5.01 Å². The summed E-state index contributed by atoms with van der Waals surface area (Å²) in [6.07, 6.45) is 0.950. The largest absolute Gasteiger partial charge is 0.512 e. The summed E-state index contributed by atoms with van der Waals surface area (Å²) in [4.78, 5) is 12.2. The number of carbonyl (C=O) groups excluding carboxylic acids is 1. The van der Waals surface area contributed by atoms with Crippen molar-refractivity contribution in [3.63, 3.8) is 0 Å². The molecule has 0 saturated carbocycles. The Morgan fingerprint density at radius 2 is 1.89 bits per heavy atom. The molecule has 0 fully saturated rings. The maximum Gasteiger partial charge on any atom is 0.281 e. The highest BCUT2D eigenvalue weighted by Gasteiger charge is 2.24. The van der Waals surface area contributed by atoms with Crippen LogP contribution < -0.4 is 0 Å². The average molecular weight is 378 g/mol. The third kappa shape index (κ3) is 4.42. The predicted molar refractivity (Wildman–Crippen MR) is 110 cm³/mol. The topological polar surface area (TPSA) is 62.1 Å². The molecule has 2 aromatic rings. The monoisotopic (exact) mass is 378 g/mol. The van der Waals surface area contributed by atoms with E-state index in [1.54, 1.807) is 0 Å². The first-order valence-corrected chi connectivity index (χ1v) is 9.53. The van der Waals surface area contributed by atoms with Crippen molar-refractivity contribution < 1.29 is 14.6 Å². The summed E-state index contributed by atoms with van der Waals surface area (Å²) < 4.78 is 5.48. The Bertz CT molecular complexity index is 859. The number of allylic oxidation sites excluding steroid dienone is 1. The second kappa shape index (κ2) is 8.74. The van der Waals surface area contributed by atoms with Crippen LogP contribution in [-0.4, -0.2) is 28.5 Å². The van der Waals surface area contributed by atoms with Crippen molar-refractivity contribution in [3.8, 4) is 0 Å². The number of hydrogen-bond acceptors (Lipinski definition) is 4. The summed E-state index contributed by atoms with van der Waals surface area (Å²) in [7, 11) is 0. The third-order valence-electron chi connectivity index (χ3n) is 5.10. The summed E-state index contributed by atoms with van der Waals surface area (Å²) in [5.41, 5.74) is 2.82. The SMILES string of the molecule is C=C(O)C(c1ccc(CN2N=C(c3ccccc3)OCC2=O)cc1)C(C)CC. The number of carbonyl (C=O) groups is 1. The second-order valence-corrected chi connectivity index (χ2v) is 7.11. The van der Waals surface area contributed by atoms with E-state index in [0.717, 1.165) is 23.1 Å². The Morgan fingerprint density at radius 3 is 2.50 bits per heavy atom. The fourth-order valence-corrected chi connectivity index (χ4v) is 3.33. The Labute approximate surface area is 166 Å². The van der Waals surface area contributed by atoms with Gasteiger partial charge in [0.15, 0.2) is 6.61 Å². The van der Waals surface area contributed by atoms with E-state index >= 15 is 0 Å². The maximum absolute atomic E-state index is 12.2. The van der Waals surface area contributed by atoms with Gasteiger partial charge in [0.1, 0.15) is 0 Å². The number of hydrogen-bond donors (Lipinski definition) is 1. The summed E-state index contributed by atoms with van der Waals surface area (Å²) in [6, 6.07) is 17.4. The number of aliphatic hydroxyl groups is 1. The first kappa shape index (κ1) is 19.7. The van der Waals surface area contributed by atoms with E-state index < -0.39 is 0 Å². The normalized spacial score (nSPS) is 16.1. The molecule has 28 heavy (non-hydrogen) atoms. The zero-order chi connectivity index (χ0) is 20.1. The van der Waals surface area contributed by atoms with Crippen LogP contribution in [0.5, 0.6) is 0 Å². The molecule has 0 radical (unpaired) electrons. The molecule has 0 aliphatic carbocycles. The van der Waals surface area contributed by atoms with Crippen LogP contribution in [-0.2, 0) is 16.1 Å². The van der Waals surface area contributed by atoms with Gasteiger partial charge in [-0.05, 0) is 29.2 Å². The predicted octanol–water partition coefficient (Wildman–Crippen LogP) is 4.61. The fourth-order valence-electron chi connectivity index (χ4n) is 3.33. The van der Waals surface area contributed by atoms with Gasteiger partial charge in [-0.3, -0.25) is 4.79 Å². The van der Waals surface area contributed by atoms with Crippen LogP contribution in [0.1, 0.15) is 42.9 Å².